The van der Waals surface area contributed by atoms with E-state index in [1.54, 1.807) is 14.2 Å². The monoisotopic (exact) mass is 483 g/mol. The van der Waals surface area contributed by atoms with Gasteiger partial charge < -0.3 is 19.3 Å². The summed E-state index contributed by atoms with van der Waals surface area (Å²) in [7, 11) is 4.25. The minimum absolute atomic E-state index is 0.0148. The lowest BCUT2D eigenvalue weighted by Crippen LogP contribution is -2.48. The molecule has 6 heteroatoms. The third-order valence-corrected chi connectivity index (χ3v) is 8.44. The molecule has 1 rings (SSSR count). The minimum atomic E-state index is 0.0148. The van der Waals surface area contributed by atoms with Crippen molar-refractivity contribution < 1.29 is 9.47 Å². The summed E-state index contributed by atoms with van der Waals surface area (Å²) >= 11 is 0. The van der Waals surface area contributed by atoms with Gasteiger partial charge in [0.1, 0.15) is 15.4 Å². The van der Waals surface area contributed by atoms with Gasteiger partial charge in [0.2, 0.25) is 0 Å². The highest BCUT2D eigenvalue weighted by Gasteiger charge is 2.17. The molecule has 5 nitrogen and oxygen atoms in total. The summed E-state index contributed by atoms with van der Waals surface area (Å²) in [6.07, 6.45) is 16.4. The third-order valence-electron chi connectivity index (χ3n) is 6.99. The van der Waals surface area contributed by atoms with E-state index in [0.717, 1.165) is 9.52 Å². The second-order valence-electron chi connectivity index (χ2n) is 9.82. The largest absolute Gasteiger partial charge is 0.360 e. The van der Waals surface area contributed by atoms with Gasteiger partial charge in [-0.05, 0) is 38.9 Å². The van der Waals surface area contributed by atoms with E-state index in [1.807, 2.05) is 0 Å². The molecule has 1 aliphatic heterocycles. The van der Waals surface area contributed by atoms with Crippen molar-refractivity contribution in [1.29, 1.82) is 0 Å². The first-order valence-electron chi connectivity index (χ1n) is 14.2. The van der Waals surface area contributed by atoms with Crippen molar-refractivity contribution in [2.45, 2.75) is 103 Å². The molecule has 0 amide bonds. The molecule has 1 fully saturated rings. The maximum Gasteiger partial charge on any atom is 0.136 e. The molecule has 1 aliphatic rings. The smallest absolute Gasteiger partial charge is 0.136 e. The molecule has 0 atom stereocenters. The molecule has 0 bridgehead atoms. The number of piperazine rings is 1. The minimum Gasteiger partial charge on any atom is -0.360 e. The summed E-state index contributed by atoms with van der Waals surface area (Å²) < 4.78 is 10.5. The SMILES string of the molecule is CCCCCN(CCCCC)CCN1CCN(CCCCCCCC[Si]C(OC)OC)CC1. The lowest BCUT2D eigenvalue weighted by atomic mass is 10.1. The van der Waals surface area contributed by atoms with Crippen LogP contribution in [0.25, 0.3) is 0 Å². The molecule has 196 valence electrons. The molecular weight excluding hydrogens is 426 g/mol. The van der Waals surface area contributed by atoms with Crippen LogP contribution in [0.4, 0.5) is 0 Å². The average Bonchev–Trinajstić information content (AvgIpc) is 2.84. The summed E-state index contributed by atoms with van der Waals surface area (Å²) in [5.74, 6) is 0.0148. The second kappa shape index (κ2) is 22.5. The fourth-order valence-electron chi connectivity index (χ4n) is 4.68. The van der Waals surface area contributed by atoms with Gasteiger partial charge in [-0.3, -0.25) is 4.90 Å². The first-order valence-corrected chi connectivity index (χ1v) is 15.5. The predicted octanol–water partition coefficient (Wildman–Crippen LogP) is 5.33. The number of ether oxygens (including phenoxy) is 2. The standard InChI is InChI=1S/C27H57N3O2Si/c1-5-7-13-17-28(18-14-8-6-2)20-23-30-24-21-29(22-25-30)19-15-11-9-10-12-16-26-33-27(31-3)32-4/h27H,5-26H2,1-4H3. The van der Waals surface area contributed by atoms with Gasteiger partial charge in [-0.1, -0.05) is 77.7 Å². The van der Waals surface area contributed by atoms with Crippen LogP contribution < -0.4 is 0 Å². The number of unbranched alkanes of at least 4 members (excludes halogenated alkanes) is 9. The molecule has 33 heavy (non-hydrogen) atoms. The van der Waals surface area contributed by atoms with E-state index in [4.69, 9.17) is 9.47 Å². The fraction of sp³-hybridized carbons (Fsp3) is 1.00. The quantitative estimate of drug-likeness (QED) is 0.111. The van der Waals surface area contributed by atoms with Crippen molar-refractivity contribution in [2.75, 3.05) is 73.1 Å². The Kier molecular flexibility index (Phi) is 21.1. The molecule has 1 saturated heterocycles. The summed E-state index contributed by atoms with van der Waals surface area (Å²) in [4.78, 5) is 8.15. The molecule has 0 unspecified atom stereocenters. The van der Waals surface area contributed by atoms with Gasteiger partial charge in [-0.25, -0.2) is 0 Å². The zero-order chi connectivity index (χ0) is 24.0. The predicted molar refractivity (Wildman–Crippen MR) is 144 cm³/mol. The second-order valence-corrected chi connectivity index (χ2v) is 11.2. The van der Waals surface area contributed by atoms with Gasteiger partial charge in [-0.15, -0.1) is 0 Å². The van der Waals surface area contributed by atoms with Crippen LogP contribution in [0.5, 0.6) is 0 Å². The molecule has 0 aliphatic carbocycles. The van der Waals surface area contributed by atoms with Gasteiger partial charge in [0.25, 0.3) is 0 Å². The van der Waals surface area contributed by atoms with Gasteiger partial charge in [0, 0.05) is 53.5 Å². The van der Waals surface area contributed by atoms with Crippen LogP contribution >= 0.6 is 0 Å². The third kappa shape index (κ3) is 17.1. The van der Waals surface area contributed by atoms with Gasteiger partial charge >= 0.3 is 0 Å². The summed E-state index contributed by atoms with van der Waals surface area (Å²) in [6.45, 7) is 16.1. The summed E-state index contributed by atoms with van der Waals surface area (Å²) in [5, 5.41) is 0. The zero-order valence-electron chi connectivity index (χ0n) is 22.8. The normalized spacial score (nSPS) is 15.8. The van der Waals surface area contributed by atoms with Crippen molar-refractivity contribution in [3.63, 3.8) is 0 Å². The highest BCUT2D eigenvalue weighted by Crippen LogP contribution is 2.10. The highest BCUT2D eigenvalue weighted by molar-refractivity contribution is 6.36. The van der Waals surface area contributed by atoms with Gasteiger partial charge in [-0.2, -0.15) is 0 Å². The lowest BCUT2D eigenvalue weighted by molar-refractivity contribution is -0.0441. The molecular formula is C27H57N3O2Si. The van der Waals surface area contributed by atoms with E-state index < -0.39 is 0 Å². The van der Waals surface area contributed by atoms with Crippen LogP contribution in [0.2, 0.25) is 6.04 Å². The van der Waals surface area contributed by atoms with E-state index in [9.17, 15) is 0 Å². The Labute approximate surface area is 209 Å². The maximum absolute atomic E-state index is 5.26. The first kappa shape index (κ1) is 31.0. The Morgan fingerprint density at radius 1 is 0.636 bits per heavy atom. The van der Waals surface area contributed by atoms with E-state index in [0.29, 0.717) is 0 Å². The molecule has 0 N–H and O–H groups in total. The average molecular weight is 484 g/mol. The zero-order valence-corrected chi connectivity index (χ0v) is 23.8. The molecule has 0 spiro atoms. The molecule has 0 saturated carbocycles. The van der Waals surface area contributed by atoms with Crippen molar-refractivity contribution in [1.82, 2.24) is 14.7 Å². The van der Waals surface area contributed by atoms with Crippen LogP contribution in [0.1, 0.15) is 90.9 Å². The van der Waals surface area contributed by atoms with Crippen LogP contribution in [0.15, 0.2) is 0 Å². The Balaban J connectivity index is 2.02. The number of nitrogens with zero attached hydrogens (tertiary/aromatic N) is 3. The Morgan fingerprint density at radius 3 is 1.70 bits per heavy atom. The number of methoxy groups -OCH3 is 2. The number of hydrogen-bond donors (Lipinski definition) is 0. The Bertz CT molecular complexity index is 395. The van der Waals surface area contributed by atoms with Crippen molar-refractivity contribution in [2.24, 2.45) is 0 Å². The maximum atomic E-state index is 5.26. The van der Waals surface area contributed by atoms with Crippen LogP contribution in [0.3, 0.4) is 0 Å². The van der Waals surface area contributed by atoms with E-state index >= 15 is 0 Å². The van der Waals surface area contributed by atoms with E-state index in [1.165, 1.54) is 142 Å². The molecule has 1 heterocycles. The lowest BCUT2D eigenvalue weighted by Gasteiger charge is -2.36. The van der Waals surface area contributed by atoms with Crippen LogP contribution in [-0.4, -0.2) is 103 Å². The molecule has 2 radical (unpaired) electrons. The van der Waals surface area contributed by atoms with E-state index in [2.05, 4.69) is 28.5 Å². The molecule has 0 aromatic carbocycles. The molecule has 0 aromatic heterocycles. The first-order chi connectivity index (χ1) is 16.2. The van der Waals surface area contributed by atoms with Crippen molar-refractivity contribution in [3.05, 3.63) is 0 Å². The summed E-state index contributed by atoms with van der Waals surface area (Å²) in [5.41, 5.74) is 0. The van der Waals surface area contributed by atoms with Crippen molar-refractivity contribution in [3.8, 4) is 0 Å². The van der Waals surface area contributed by atoms with E-state index in [-0.39, 0.29) is 5.91 Å². The number of hydrogen-bond acceptors (Lipinski definition) is 5. The molecule has 0 aromatic rings. The fourth-order valence-corrected chi connectivity index (χ4v) is 5.70. The Hall–Kier alpha value is 0.0169. The number of rotatable bonds is 23. The van der Waals surface area contributed by atoms with Crippen LogP contribution in [0, 0.1) is 0 Å². The van der Waals surface area contributed by atoms with Crippen molar-refractivity contribution >= 4 is 9.52 Å². The van der Waals surface area contributed by atoms with Gasteiger partial charge in [0.15, 0.2) is 0 Å². The van der Waals surface area contributed by atoms with Gasteiger partial charge in [0.05, 0.1) is 0 Å². The topological polar surface area (TPSA) is 28.2 Å². The Morgan fingerprint density at radius 2 is 1.15 bits per heavy atom. The van der Waals surface area contributed by atoms with Crippen LogP contribution in [-0.2, 0) is 9.47 Å². The summed E-state index contributed by atoms with van der Waals surface area (Å²) in [6, 6.07) is 1.24. The highest BCUT2D eigenvalue weighted by atomic mass is 28.2.